The van der Waals surface area contributed by atoms with Gasteiger partial charge >= 0.3 is 5.97 Å². The van der Waals surface area contributed by atoms with Crippen molar-refractivity contribution in [3.8, 4) is 17.2 Å². The minimum atomic E-state index is -0.628. The second-order valence-corrected chi connectivity index (χ2v) is 6.50. The summed E-state index contributed by atoms with van der Waals surface area (Å²) in [5.74, 6) is -0.243. The van der Waals surface area contributed by atoms with Gasteiger partial charge in [0.05, 0.1) is 19.6 Å². The zero-order valence-electron chi connectivity index (χ0n) is 16.2. The number of benzene rings is 2. The molecule has 1 atom stereocenters. The molecule has 2 aromatic rings. The highest BCUT2D eigenvalue weighted by Crippen LogP contribution is 2.32. The Morgan fingerprint density at radius 2 is 1.90 bits per heavy atom. The van der Waals surface area contributed by atoms with Crippen molar-refractivity contribution in [3.63, 3.8) is 0 Å². The van der Waals surface area contributed by atoms with E-state index in [0.717, 1.165) is 5.56 Å². The van der Waals surface area contributed by atoms with E-state index in [2.05, 4.69) is 5.32 Å². The average molecular weight is 403 g/mol. The summed E-state index contributed by atoms with van der Waals surface area (Å²) in [6.07, 6.45) is -0.147. The normalized spacial score (nSPS) is 13.3. The molecule has 8 heteroatoms. The Hall–Kier alpha value is -3.29. The largest absolute Gasteiger partial charge is 0.494 e. The molecule has 0 radical (unpaired) electrons. The number of fused-ring (bicyclic) bond motifs is 1. The molecular formula is C21H22FNO6. The molecule has 0 unspecified atom stereocenters. The van der Waals surface area contributed by atoms with Gasteiger partial charge in [0.15, 0.2) is 29.7 Å². The third-order valence-electron chi connectivity index (χ3n) is 4.37. The van der Waals surface area contributed by atoms with Crippen LogP contribution in [0.15, 0.2) is 36.4 Å². The van der Waals surface area contributed by atoms with Gasteiger partial charge in [-0.3, -0.25) is 9.59 Å². The van der Waals surface area contributed by atoms with Crippen molar-refractivity contribution in [2.75, 3.05) is 26.9 Å². The molecule has 0 bridgehead atoms. The summed E-state index contributed by atoms with van der Waals surface area (Å²) in [6, 6.07) is 9.32. The van der Waals surface area contributed by atoms with E-state index in [1.54, 1.807) is 12.1 Å². The minimum Gasteiger partial charge on any atom is -0.494 e. The van der Waals surface area contributed by atoms with Crippen LogP contribution in [0.2, 0.25) is 0 Å². The van der Waals surface area contributed by atoms with E-state index in [1.807, 2.05) is 19.1 Å². The van der Waals surface area contributed by atoms with E-state index in [0.29, 0.717) is 30.3 Å². The summed E-state index contributed by atoms with van der Waals surface area (Å²) in [4.78, 5) is 24.0. The Balaban J connectivity index is 1.47. The fourth-order valence-electron chi connectivity index (χ4n) is 2.88. The first-order valence-electron chi connectivity index (χ1n) is 9.13. The summed E-state index contributed by atoms with van der Waals surface area (Å²) >= 11 is 0. The van der Waals surface area contributed by atoms with Gasteiger partial charge in [-0.2, -0.15) is 0 Å². The van der Waals surface area contributed by atoms with E-state index >= 15 is 0 Å². The number of ether oxygens (including phenoxy) is 4. The number of halogens is 1. The Labute approximate surface area is 167 Å². The van der Waals surface area contributed by atoms with Crippen LogP contribution in [0, 0.1) is 5.82 Å². The number of rotatable bonds is 7. The van der Waals surface area contributed by atoms with Crippen LogP contribution in [0.25, 0.3) is 0 Å². The molecule has 3 rings (SSSR count). The molecule has 0 saturated heterocycles. The molecule has 2 aromatic carbocycles. The van der Waals surface area contributed by atoms with Gasteiger partial charge in [-0.05, 0) is 42.3 Å². The lowest BCUT2D eigenvalue weighted by Gasteiger charge is -2.21. The van der Waals surface area contributed by atoms with E-state index in [9.17, 15) is 14.0 Å². The molecule has 1 N–H and O–H groups in total. The third-order valence-corrected chi connectivity index (χ3v) is 4.37. The van der Waals surface area contributed by atoms with Gasteiger partial charge in [-0.1, -0.05) is 12.1 Å². The van der Waals surface area contributed by atoms with Crippen LogP contribution in [-0.2, 0) is 20.7 Å². The van der Waals surface area contributed by atoms with Gasteiger partial charge in [-0.25, -0.2) is 4.39 Å². The number of hydrogen-bond acceptors (Lipinski definition) is 6. The van der Waals surface area contributed by atoms with Crippen LogP contribution in [0.4, 0.5) is 4.39 Å². The number of nitrogens with one attached hydrogen (secondary N) is 1. The van der Waals surface area contributed by atoms with E-state index < -0.39 is 24.3 Å². The molecular weight excluding hydrogens is 381 g/mol. The maximum absolute atomic E-state index is 13.7. The fraction of sp³-hybridized carbons (Fsp3) is 0.333. The predicted molar refractivity (Wildman–Crippen MR) is 102 cm³/mol. The van der Waals surface area contributed by atoms with Crippen molar-refractivity contribution in [1.29, 1.82) is 0 Å². The Morgan fingerprint density at radius 3 is 2.62 bits per heavy atom. The Bertz CT molecular complexity index is 901. The van der Waals surface area contributed by atoms with Crippen LogP contribution in [-0.4, -0.2) is 38.8 Å². The predicted octanol–water partition coefficient (Wildman–Crippen LogP) is 2.57. The first-order valence-corrected chi connectivity index (χ1v) is 9.13. The molecule has 154 valence electrons. The Kier molecular flexibility index (Phi) is 6.54. The lowest BCUT2D eigenvalue weighted by Crippen LogP contribution is -2.31. The van der Waals surface area contributed by atoms with E-state index in [-0.39, 0.29) is 18.2 Å². The SMILES string of the molecule is COc1ccc(CC(=O)OCC(=O)N[C@H](C)c2ccc3c(c2)OCCO3)cc1F. The van der Waals surface area contributed by atoms with E-state index in [4.69, 9.17) is 18.9 Å². The Morgan fingerprint density at radius 1 is 1.14 bits per heavy atom. The highest BCUT2D eigenvalue weighted by atomic mass is 19.1. The smallest absolute Gasteiger partial charge is 0.310 e. The standard InChI is InChI=1S/C21H22FNO6/c1-13(15-4-6-18-19(11-15)28-8-7-27-18)23-20(24)12-29-21(25)10-14-3-5-17(26-2)16(22)9-14/h3-6,9,11,13H,7-8,10,12H2,1-2H3,(H,23,24)/t13-/m1/s1. The van der Waals surface area contributed by atoms with Crippen LogP contribution in [0.1, 0.15) is 24.1 Å². The monoisotopic (exact) mass is 403 g/mol. The lowest BCUT2D eigenvalue weighted by atomic mass is 10.1. The van der Waals surface area contributed by atoms with Crippen LogP contribution < -0.4 is 19.5 Å². The summed E-state index contributed by atoms with van der Waals surface area (Å²) in [6.45, 7) is 2.37. The van der Waals surface area contributed by atoms with Crippen molar-refractivity contribution in [2.24, 2.45) is 0 Å². The van der Waals surface area contributed by atoms with Crippen molar-refractivity contribution in [2.45, 2.75) is 19.4 Å². The van der Waals surface area contributed by atoms with E-state index in [1.165, 1.54) is 19.2 Å². The van der Waals surface area contributed by atoms with Gasteiger partial charge in [-0.15, -0.1) is 0 Å². The second kappa shape index (κ2) is 9.27. The first-order chi connectivity index (χ1) is 14.0. The second-order valence-electron chi connectivity index (χ2n) is 6.50. The molecule has 29 heavy (non-hydrogen) atoms. The van der Waals surface area contributed by atoms with Crippen molar-refractivity contribution in [1.82, 2.24) is 5.32 Å². The zero-order chi connectivity index (χ0) is 20.8. The van der Waals surface area contributed by atoms with Crippen molar-refractivity contribution >= 4 is 11.9 Å². The number of methoxy groups -OCH3 is 1. The zero-order valence-corrected chi connectivity index (χ0v) is 16.2. The molecule has 1 heterocycles. The molecule has 0 saturated carbocycles. The molecule has 1 amide bonds. The minimum absolute atomic E-state index is 0.0922. The number of hydrogen-bond donors (Lipinski definition) is 1. The maximum Gasteiger partial charge on any atom is 0.310 e. The van der Waals surface area contributed by atoms with Gasteiger partial charge in [0.1, 0.15) is 13.2 Å². The molecule has 7 nitrogen and oxygen atoms in total. The van der Waals surface area contributed by atoms with Crippen LogP contribution >= 0.6 is 0 Å². The maximum atomic E-state index is 13.7. The molecule has 1 aliphatic heterocycles. The van der Waals surface area contributed by atoms with Gasteiger partial charge in [0, 0.05) is 0 Å². The lowest BCUT2D eigenvalue weighted by molar-refractivity contribution is -0.148. The summed E-state index contributed by atoms with van der Waals surface area (Å²) in [5, 5.41) is 2.76. The number of amides is 1. The van der Waals surface area contributed by atoms with Gasteiger partial charge in [0.2, 0.25) is 0 Å². The molecule has 0 fully saturated rings. The molecule has 0 spiro atoms. The summed E-state index contributed by atoms with van der Waals surface area (Å²) in [7, 11) is 1.36. The first kappa shape index (κ1) is 20.4. The third kappa shape index (κ3) is 5.37. The molecule has 0 aromatic heterocycles. The molecule has 0 aliphatic carbocycles. The topological polar surface area (TPSA) is 83.1 Å². The fourth-order valence-corrected chi connectivity index (χ4v) is 2.88. The van der Waals surface area contributed by atoms with Crippen LogP contribution in [0.3, 0.4) is 0 Å². The van der Waals surface area contributed by atoms with Gasteiger partial charge < -0.3 is 24.3 Å². The van der Waals surface area contributed by atoms with Crippen molar-refractivity contribution in [3.05, 3.63) is 53.3 Å². The highest BCUT2D eigenvalue weighted by molar-refractivity contribution is 5.81. The van der Waals surface area contributed by atoms with Gasteiger partial charge in [0.25, 0.3) is 5.91 Å². The van der Waals surface area contributed by atoms with Crippen molar-refractivity contribution < 1.29 is 32.9 Å². The summed E-state index contributed by atoms with van der Waals surface area (Å²) in [5.41, 5.74) is 1.26. The number of carbonyl (C=O) groups is 2. The average Bonchev–Trinajstić information content (AvgIpc) is 2.72. The van der Waals surface area contributed by atoms with Crippen LogP contribution in [0.5, 0.6) is 17.2 Å². The summed E-state index contributed by atoms with van der Waals surface area (Å²) < 4.78 is 34.5. The molecule has 1 aliphatic rings. The number of carbonyl (C=O) groups excluding carboxylic acids is 2. The number of esters is 1. The highest BCUT2D eigenvalue weighted by Gasteiger charge is 2.17. The quantitative estimate of drug-likeness (QED) is 0.716.